The maximum atomic E-state index is 11.6. The van der Waals surface area contributed by atoms with Gasteiger partial charge in [-0.1, -0.05) is 30.0 Å². The first-order valence-electron chi connectivity index (χ1n) is 6.96. The lowest BCUT2D eigenvalue weighted by Gasteiger charge is -2.12. The third-order valence-electron chi connectivity index (χ3n) is 3.43. The van der Waals surface area contributed by atoms with E-state index in [0.29, 0.717) is 5.92 Å². The van der Waals surface area contributed by atoms with Crippen molar-refractivity contribution in [1.29, 1.82) is 0 Å². The standard InChI is InChI=1S/C15H17N3O2S/c1-10(14(19)20-2)21-15-17-16-13(11-8-9-11)18(15)12-6-4-3-5-7-12/h3-7,10-11H,8-9H2,1-2H3/t10-/m1/s1. The molecule has 0 bridgehead atoms. The Morgan fingerprint density at radius 2 is 2.05 bits per heavy atom. The number of carbonyl (C=O) groups excluding carboxylic acids is 1. The number of ether oxygens (including phenoxy) is 1. The largest absolute Gasteiger partial charge is 0.468 e. The van der Waals surface area contributed by atoms with Crippen molar-refractivity contribution in [2.24, 2.45) is 0 Å². The van der Waals surface area contributed by atoms with E-state index in [0.717, 1.165) is 29.5 Å². The van der Waals surface area contributed by atoms with Crippen molar-refractivity contribution in [3.05, 3.63) is 36.2 Å². The van der Waals surface area contributed by atoms with Crippen molar-refractivity contribution >= 4 is 17.7 Å². The molecule has 6 heteroatoms. The first-order chi connectivity index (χ1) is 10.2. The van der Waals surface area contributed by atoms with Gasteiger partial charge in [-0.05, 0) is 31.9 Å². The van der Waals surface area contributed by atoms with Crippen LogP contribution in [0.1, 0.15) is 31.5 Å². The van der Waals surface area contributed by atoms with E-state index >= 15 is 0 Å². The number of para-hydroxylation sites is 1. The first kappa shape index (κ1) is 14.1. The van der Waals surface area contributed by atoms with Gasteiger partial charge >= 0.3 is 5.97 Å². The van der Waals surface area contributed by atoms with E-state index in [1.54, 1.807) is 0 Å². The molecule has 1 aromatic heterocycles. The van der Waals surface area contributed by atoms with Crippen molar-refractivity contribution in [2.75, 3.05) is 7.11 Å². The minimum atomic E-state index is -0.311. The van der Waals surface area contributed by atoms with Crippen LogP contribution >= 0.6 is 11.8 Å². The number of nitrogens with zero attached hydrogens (tertiary/aromatic N) is 3. The van der Waals surface area contributed by atoms with E-state index in [1.165, 1.54) is 18.9 Å². The molecule has 0 radical (unpaired) electrons. The van der Waals surface area contributed by atoms with Crippen molar-refractivity contribution in [3.63, 3.8) is 0 Å². The molecule has 1 heterocycles. The number of methoxy groups -OCH3 is 1. The summed E-state index contributed by atoms with van der Waals surface area (Å²) in [6.45, 7) is 1.82. The molecule has 0 spiro atoms. The molecule has 110 valence electrons. The molecule has 1 saturated carbocycles. The lowest BCUT2D eigenvalue weighted by molar-refractivity contribution is -0.139. The molecule has 1 aromatic carbocycles. The highest BCUT2D eigenvalue weighted by Gasteiger charge is 2.31. The zero-order chi connectivity index (χ0) is 14.8. The first-order valence-corrected chi connectivity index (χ1v) is 7.84. The Bertz CT molecular complexity index is 638. The second-order valence-corrected chi connectivity index (χ2v) is 6.38. The third-order valence-corrected chi connectivity index (χ3v) is 4.45. The highest BCUT2D eigenvalue weighted by Crippen LogP contribution is 2.41. The summed E-state index contributed by atoms with van der Waals surface area (Å²) in [5.74, 6) is 1.22. The molecule has 2 aromatic rings. The van der Waals surface area contributed by atoms with Gasteiger partial charge < -0.3 is 4.74 Å². The third kappa shape index (κ3) is 2.95. The molecule has 1 aliphatic rings. The molecule has 5 nitrogen and oxygen atoms in total. The SMILES string of the molecule is COC(=O)[C@@H](C)Sc1nnc(C2CC2)n1-c1ccccc1. The summed E-state index contributed by atoms with van der Waals surface area (Å²) in [5.41, 5.74) is 1.03. The molecular weight excluding hydrogens is 286 g/mol. The summed E-state index contributed by atoms with van der Waals surface area (Å²) in [7, 11) is 1.40. The Labute approximate surface area is 127 Å². The topological polar surface area (TPSA) is 57.0 Å². The number of carbonyl (C=O) groups is 1. The number of benzene rings is 1. The number of hydrogen-bond donors (Lipinski definition) is 0. The summed E-state index contributed by atoms with van der Waals surface area (Å²) in [5, 5.41) is 9.04. The minimum absolute atomic E-state index is 0.254. The molecule has 1 fully saturated rings. The maximum absolute atomic E-state index is 11.6. The molecule has 1 atom stereocenters. The predicted molar refractivity (Wildman–Crippen MR) is 80.7 cm³/mol. The van der Waals surface area contributed by atoms with Gasteiger partial charge in [0.2, 0.25) is 0 Å². The van der Waals surface area contributed by atoms with Crippen LogP contribution in [0.25, 0.3) is 5.69 Å². The fourth-order valence-electron chi connectivity index (χ4n) is 2.16. The zero-order valence-electron chi connectivity index (χ0n) is 12.0. The molecule has 0 aliphatic heterocycles. The highest BCUT2D eigenvalue weighted by atomic mass is 32.2. The smallest absolute Gasteiger partial charge is 0.318 e. The predicted octanol–water partition coefficient (Wildman–Crippen LogP) is 2.80. The Balaban J connectivity index is 1.95. The van der Waals surface area contributed by atoms with Crippen LogP contribution in [-0.2, 0) is 9.53 Å². The van der Waals surface area contributed by atoms with Gasteiger partial charge in [-0.15, -0.1) is 10.2 Å². The van der Waals surface area contributed by atoms with Crippen LogP contribution in [0.5, 0.6) is 0 Å². The van der Waals surface area contributed by atoms with Gasteiger partial charge in [-0.3, -0.25) is 9.36 Å². The highest BCUT2D eigenvalue weighted by molar-refractivity contribution is 8.00. The molecule has 21 heavy (non-hydrogen) atoms. The fourth-order valence-corrected chi connectivity index (χ4v) is 3.06. The zero-order valence-corrected chi connectivity index (χ0v) is 12.8. The summed E-state index contributed by atoms with van der Waals surface area (Å²) < 4.78 is 6.84. The summed E-state index contributed by atoms with van der Waals surface area (Å²) in [6, 6.07) is 10.0. The second-order valence-electron chi connectivity index (χ2n) is 5.07. The molecule has 3 rings (SSSR count). The summed E-state index contributed by atoms with van der Waals surface area (Å²) >= 11 is 1.38. The Morgan fingerprint density at radius 1 is 1.33 bits per heavy atom. The van der Waals surface area contributed by atoms with Crippen LogP contribution in [0.3, 0.4) is 0 Å². The quantitative estimate of drug-likeness (QED) is 0.628. The van der Waals surface area contributed by atoms with E-state index in [9.17, 15) is 4.79 Å². The van der Waals surface area contributed by atoms with E-state index in [1.807, 2.05) is 37.3 Å². The Morgan fingerprint density at radius 3 is 2.67 bits per heavy atom. The number of hydrogen-bond acceptors (Lipinski definition) is 5. The minimum Gasteiger partial charge on any atom is -0.468 e. The van der Waals surface area contributed by atoms with Crippen LogP contribution in [0.2, 0.25) is 0 Å². The van der Waals surface area contributed by atoms with Crippen LogP contribution < -0.4 is 0 Å². The molecule has 0 N–H and O–H groups in total. The van der Waals surface area contributed by atoms with Crippen molar-refractivity contribution in [3.8, 4) is 5.69 Å². The molecular formula is C15H17N3O2S. The van der Waals surface area contributed by atoms with E-state index < -0.39 is 0 Å². The molecule has 1 aliphatic carbocycles. The normalized spacial score (nSPS) is 15.7. The Hall–Kier alpha value is -1.82. The molecule has 0 saturated heterocycles. The van der Waals surface area contributed by atoms with Crippen molar-refractivity contribution < 1.29 is 9.53 Å². The number of rotatable bonds is 5. The lowest BCUT2D eigenvalue weighted by atomic mass is 10.3. The van der Waals surface area contributed by atoms with Crippen LogP contribution in [-0.4, -0.2) is 33.1 Å². The van der Waals surface area contributed by atoms with E-state index in [-0.39, 0.29) is 11.2 Å². The number of esters is 1. The monoisotopic (exact) mass is 303 g/mol. The van der Waals surface area contributed by atoms with Crippen molar-refractivity contribution in [1.82, 2.24) is 14.8 Å². The van der Waals surface area contributed by atoms with Crippen molar-refractivity contribution in [2.45, 2.75) is 36.1 Å². The van der Waals surface area contributed by atoms with Gasteiger partial charge in [0.25, 0.3) is 0 Å². The van der Waals surface area contributed by atoms with Gasteiger partial charge in [-0.25, -0.2) is 0 Å². The number of thioether (sulfide) groups is 1. The second kappa shape index (κ2) is 5.89. The van der Waals surface area contributed by atoms with Gasteiger partial charge in [0.15, 0.2) is 5.16 Å². The van der Waals surface area contributed by atoms with Gasteiger partial charge in [0.1, 0.15) is 11.1 Å². The van der Waals surface area contributed by atoms with Gasteiger partial charge in [0, 0.05) is 11.6 Å². The van der Waals surface area contributed by atoms with E-state index in [4.69, 9.17) is 4.74 Å². The molecule has 0 amide bonds. The number of aromatic nitrogens is 3. The lowest BCUT2D eigenvalue weighted by Crippen LogP contribution is -2.15. The van der Waals surface area contributed by atoms with Gasteiger partial charge in [0.05, 0.1) is 7.11 Å². The van der Waals surface area contributed by atoms with Crippen LogP contribution in [0, 0.1) is 0 Å². The Kier molecular flexibility index (Phi) is 3.96. The van der Waals surface area contributed by atoms with E-state index in [2.05, 4.69) is 14.8 Å². The fraction of sp³-hybridized carbons (Fsp3) is 0.400. The maximum Gasteiger partial charge on any atom is 0.318 e. The van der Waals surface area contributed by atoms with Crippen LogP contribution in [0.15, 0.2) is 35.5 Å². The van der Waals surface area contributed by atoms with Crippen LogP contribution in [0.4, 0.5) is 0 Å². The molecule has 0 unspecified atom stereocenters. The average molecular weight is 303 g/mol. The summed E-state index contributed by atoms with van der Waals surface area (Å²) in [6.07, 6.45) is 2.31. The van der Waals surface area contributed by atoms with Gasteiger partial charge in [-0.2, -0.15) is 0 Å². The summed E-state index contributed by atoms with van der Waals surface area (Å²) in [4.78, 5) is 11.6. The average Bonchev–Trinajstić information content (AvgIpc) is 3.28.